The first-order chi connectivity index (χ1) is 9.51. The Morgan fingerprint density at radius 2 is 1.95 bits per heavy atom. The highest BCUT2D eigenvalue weighted by atomic mass is 16.4. The normalized spacial score (nSPS) is 16.0. The molecule has 3 amide bonds. The van der Waals surface area contributed by atoms with Gasteiger partial charge in [-0.15, -0.1) is 0 Å². The molecular weight excluding hydrogens is 266 g/mol. The van der Waals surface area contributed by atoms with Crippen molar-refractivity contribution in [3.05, 3.63) is 0 Å². The third kappa shape index (κ3) is 8.44. The lowest BCUT2D eigenvalue weighted by Gasteiger charge is -2.00. The van der Waals surface area contributed by atoms with E-state index in [1.54, 1.807) is 0 Å². The molecule has 0 aromatic heterocycles. The molecule has 0 radical (unpaired) electrons. The second-order valence-electron chi connectivity index (χ2n) is 3.69. The highest BCUT2D eigenvalue weighted by molar-refractivity contribution is 6.04. The van der Waals surface area contributed by atoms with Crippen LogP contribution in [0.25, 0.3) is 0 Å². The third-order valence-corrected chi connectivity index (χ3v) is 2.09. The highest BCUT2D eigenvalue weighted by Crippen LogP contribution is 2.00. The molecule has 0 saturated carbocycles. The van der Waals surface area contributed by atoms with Crippen LogP contribution in [0.1, 0.15) is 19.3 Å². The molecule has 0 bridgehead atoms. The molecule has 108 valence electrons. The van der Waals surface area contributed by atoms with E-state index in [4.69, 9.17) is 15.6 Å². The number of nitrogens with one attached hydrogen (secondary N) is 3. The second kappa shape index (κ2) is 10.3. The van der Waals surface area contributed by atoms with Gasteiger partial charge < -0.3 is 15.7 Å². The van der Waals surface area contributed by atoms with E-state index in [-0.39, 0.29) is 18.9 Å². The summed E-state index contributed by atoms with van der Waals surface area (Å²) >= 11 is 0. The van der Waals surface area contributed by atoms with Gasteiger partial charge in [-0.1, -0.05) is 0 Å². The van der Waals surface area contributed by atoms with E-state index >= 15 is 0 Å². The number of aliphatic carboxylic acids is 1. The molecule has 1 saturated heterocycles. The summed E-state index contributed by atoms with van der Waals surface area (Å²) in [6.07, 6.45) is 1.01. The largest absolute Gasteiger partial charge is 0.480 e. The fraction of sp³-hybridized carbons (Fsp3) is 0.545. The minimum absolute atomic E-state index is 0.0678. The van der Waals surface area contributed by atoms with Crippen LogP contribution in [0.2, 0.25) is 0 Å². The molecule has 0 aliphatic carbocycles. The Balaban J connectivity index is 0.000000370. The summed E-state index contributed by atoms with van der Waals surface area (Å²) in [5.74, 6) is -1.24. The molecule has 4 N–H and O–H groups in total. The van der Waals surface area contributed by atoms with Gasteiger partial charge in [0, 0.05) is 19.4 Å². The summed E-state index contributed by atoms with van der Waals surface area (Å²) in [5.41, 5.74) is 0. The number of carboxylic acids is 1. The van der Waals surface area contributed by atoms with Gasteiger partial charge in [-0.05, 0) is 6.42 Å². The van der Waals surface area contributed by atoms with Gasteiger partial charge in [0.05, 0.1) is 18.7 Å². The maximum absolute atomic E-state index is 10.8. The number of hydrogen-bond donors (Lipinski definition) is 4. The van der Waals surface area contributed by atoms with Crippen LogP contribution < -0.4 is 16.0 Å². The first-order valence-electron chi connectivity index (χ1n) is 5.79. The number of nitriles is 2. The average molecular weight is 281 g/mol. The van der Waals surface area contributed by atoms with Crippen molar-refractivity contribution in [2.24, 2.45) is 0 Å². The molecule has 1 fully saturated rings. The van der Waals surface area contributed by atoms with E-state index in [0.29, 0.717) is 19.4 Å². The van der Waals surface area contributed by atoms with Crippen LogP contribution in [-0.2, 0) is 9.59 Å². The number of carbonyl (C=O) groups excluding carboxylic acids is 2. The molecule has 0 spiro atoms. The molecule has 20 heavy (non-hydrogen) atoms. The van der Waals surface area contributed by atoms with Gasteiger partial charge >= 0.3 is 12.0 Å². The lowest BCUT2D eigenvalue weighted by molar-refractivity contribution is -0.136. The van der Waals surface area contributed by atoms with Crippen LogP contribution in [0.4, 0.5) is 4.79 Å². The number of carbonyl (C=O) groups is 3. The smallest absolute Gasteiger partial charge is 0.322 e. The molecule has 9 nitrogen and oxygen atoms in total. The van der Waals surface area contributed by atoms with Crippen molar-refractivity contribution < 1.29 is 19.5 Å². The molecule has 0 aromatic rings. The van der Waals surface area contributed by atoms with Crippen molar-refractivity contribution in [3.63, 3.8) is 0 Å². The van der Waals surface area contributed by atoms with Gasteiger partial charge in [-0.3, -0.25) is 14.9 Å². The van der Waals surface area contributed by atoms with Crippen LogP contribution in [0.3, 0.4) is 0 Å². The average Bonchev–Trinajstić information content (AvgIpc) is 2.71. The number of urea groups is 1. The van der Waals surface area contributed by atoms with Crippen LogP contribution in [-0.4, -0.2) is 42.1 Å². The van der Waals surface area contributed by atoms with Crippen molar-refractivity contribution in [1.29, 1.82) is 10.5 Å². The van der Waals surface area contributed by atoms with Crippen molar-refractivity contribution in [3.8, 4) is 12.1 Å². The fourth-order valence-electron chi connectivity index (χ4n) is 1.21. The predicted molar refractivity (Wildman–Crippen MR) is 66.0 cm³/mol. The molecule has 1 heterocycles. The third-order valence-electron chi connectivity index (χ3n) is 2.09. The van der Waals surface area contributed by atoms with Gasteiger partial charge in [0.1, 0.15) is 6.04 Å². The van der Waals surface area contributed by atoms with Gasteiger partial charge in [0.2, 0.25) is 0 Å². The molecule has 9 heteroatoms. The van der Waals surface area contributed by atoms with Gasteiger partial charge in [-0.25, -0.2) is 4.79 Å². The first kappa shape index (κ1) is 17.4. The summed E-state index contributed by atoms with van der Waals surface area (Å²) in [6, 6.07) is 2.80. The topological polar surface area (TPSA) is 155 Å². The molecular formula is C11H15N5O4. The Morgan fingerprint density at radius 1 is 1.30 bits per heavy atom. The summed E-state index contributed by atoms with van der Waals surface area (Å²) < 4.78 is 0. The van der Waals surface area contributed by atoms with E-state index in [1.165, 1.54) is 0 Å². The number of carboxylic acid groups (broad SMARTS) is 1. The number of amides is 3. The minimum Gasteiger partial charge on any atom is -0.480 e. The molecule has 1 rings (SSSR count). The van der Waals surface area contributed by atoms with Gasteiger partial charge in [0.15, 0.2) is 0 Å². The molecule has 1 atom stereocenters. The fourth-order valence-corrected chi connectivity index (χ4v) is 1.21. The quantitative estimate of drug-likeness (QED) is 0.362. The van der Waals surface area contributed by atoms with E-state index < -0.39 is 18.0 Å². The predicted octanol–water partition coefficient (Wildman–Crippen LogP) is -0.928. The Morgan fingerprint density at radius 3 is 2.40 bits per heavy atom. The van der Waals surface area contributed by atoms with Crippen molar-refractivity contribution in [2.75, 3.05) is 13.1 Å². The number of hydrogen-bond acceptors (Lipinski definition) is 6. The van der Waals surface area contributed by atoms with E-state index in [0.717, 1.165) is 0 Å². The van der Waals surface area contributed by atoms with Crippen molar-refractivity contribution in [2.45, 2.75) is 25.3 Å². The van der Waals surface area contributed by atoms with Crippen molar-refractivity contribution >= 4 is 17.9 Å². The SMILES string of the molecule is N#CCCC1NC(=O)NC1=O.N#CCCNCC(=O)O. The maximum atomic E-state index is 10.8. The zero-order chi connectivity index (χ0) is 15.4. The van der Waals surface area contributed by atoms with E-state index in [1.807, 2.05) is 12.1 Å². The zero-order valence-corrected chi connectivity index (χ0v) is 10.7. The van der Waals surface area contributed by atoms with Gasteiger partial charge in [0.25, 0.3) is 5.91 Å². The van der Waals surface area contributed by atoms with E-state index in [2.05, 4.69) is 16.0 Å². The van der Waals surface area contributed by atoms with Crippen LogP contribution >= 0.6 is 0 Å². The number of rotatable bonds is 6. The first-order valence-corrected chi connectivity index (χ1v) is 5.79. The summed E-state index contributed by atoms with van der Waals surface area (Å²) in [5, 5.41) is 31.3. The van der Waals surface area contributed by atoms with Crippen LogP contribution in [0.5, 0.6) is 0 Å². The lowest BCUT2D eigenvalue weighted by atomic mass is 10.2. The van der Waals surface area contributed by atoms with Crippen molar-refractivity contribution in [1.82, 2.24) is 16.0 Å². The lowest BCUT2D eigenvalue weighted by Crippen LogP contribution is -2.28. The zero-order valence-electron chi connectivity index (χ0n) is 10.7. The maximum Gasteiger partial charge on any atom is 0.322 e. The molecule has 1 unspecified atom stereocenters. The summed E-state index contributed by atoms with van der Waals surface area (Å²) in [4.78, 5) is 31.1. The van der Waals surface area contributed by atoms with Crippen LogP contribution in [0, 0.1) is 22.7 Å². The Bertz CT molecular complexity index is 437. The Kier molecular flexibility index (Phi) is 8.93. The van der Waals surface area contributed by atoms with Gasteiger partial charge in [-0.2, -0.15) is 10.5 Å². The summed E-state index contributed by atoms with van der Waals surface area (Å²) in [7, 11) is 0. The minimum atomic E-state index is -0.895. The standard InChI is InChI=1S/C6H7N3O2.C5H8N2O2/c7-3-1-2-4-5(10)9-6(11)8-4;6-2-1-3-7-4-5(8)9/h4H,1-2H2,(H2,8,9,10,11);7H,1,3-4H2,(H,8,9). The van der Waals surface area contributed by atoms with Crippen LogP contribution in [0.15, 0.2) is 0 Å². The molecule has 0 aromatic carbocycles. The monoisotopic (exact) mass is 281 g/mol. The second-order valence-corrected chi connectivity index (χ2v) is 3.69. The number of imide groups is 1. The Labute approximate surface area is 115 Å². The molecule has 1 aliphatic heterocycles. The van der Waals surface area contributed by atoms with E-state index in [9.17, 15) is 14.4 Å². The molecule has 1 aliphatic rings. The highest BCUT2D eigenvalue weighted by Gasteiger charge is 2.28. The summed E-state index contributed by atoms with van der Waals surface area (Å²) in [6.45, 7) is 0.379. The number of nitrogens with zero attached hydrogens (tertiary/aromatic N) is 2. The Hall–Kier alpha value is -2.65.